The third-order valence-electron chi connectivity index (χ3n) is 1.78. The number of ether oxygens (including phenoxy) is 1. The topological polar surface area (TPSA) is 26.3 Å². The van der Waals surface area contributed by atoms with E-state index in [0.29, 0.717) is 12.3 Å². The molecule has 1 aromatic rings. The molecule has 14 heavy (non-hydrogen) atoms. The Labute approximate surface area is 84.9 Å². The van der Waals surface area contributed by atoms with Gasteiger partial charge in [-0.1, -0.05) is 26.0 Å². The highest BCUT2D eigenvalue weighted by atomic mass is 16.5. The minimum absolute atomic E-state index is 0.352. The van der Waals surface area contributed by atoms with E-state index in [1.54, 1.807) is 0 Å². The van der Waals surface area contributed by atoms with E-state index >= 15 is 0 Å². The zero-order valence-electron chi connectivity index (χ0n) is 8.62. The van der Waals surface area contributed by atoms with Gasteiger partial charge >= 0.3 is 0 Å². The van der Waals surface area contributed by atoms with E-state index in [9.17, 15) is 4.79 Å². The van der Waals surface area contributed by atoms with E-state index in [-0.39, 0.29) is 0 Å². The largest absolute Gasteiger partial charge is 0.493 e. The summed E-state index contributed by atoms with van der Waals surface area (Å²) in [4.78, 5) is 10.1. The molecular formula is C12H15O2. The molecule has 1 aromatic carbocycles. The van der Waals surface area contributed by atoms with Crippen molar-refractivity contribution < 1.29 is 9.53 Å². The zero-order chi connectivity index (χ0) is 10.4. The fraction of sp³-hybridized carbons (Fsp3) is 0.417. The van der Waals surface area contributed by atoms with Crippen molar-refractivity contribution in [2.75, 3.05) is 6.61 Å². The smallest absolute Gasteiger partial charge is 0.203 e. The Morgan fingerprint density at radius 1 is 1.29 bits per heavy atom. The number of hydrogen-bond acceptors (Lipinski definition) is 2. The monoisotopic (exact) mass is 191 g/mol. The normalized spacial score (nSPS) is 10.2. The van der Waals surface area contributed by atoms with Gasteiger partial charge in [0.2, 0.25) is 6.29 Å². The lowest BCUT2D eigenvalue weighted by atomic mass is 10.2. The maximum absolute atomic E-state index is 10.1. The summed E-state index contributed by atoms with van der Waals surface area (Å²) in [6, 6.07) is 7.55. The molecule has 0 N–H and O–H groups in total. The van der Waals surface area contributed by atoms with Gasteiger partial charge in [-0.3, -0.25) is 4.79 Å². The van der Waals surface area contributed by atoms with Crippen molar-refractivity contribution in [2.45, 2.75) is 20.3 Å². The Balaban J connectivity index is 2.50. The van der Waals surface area contributed by atoms with E-state index in [1.165, 1.54) is 0 Å². The van der Waals surface area contributed by atoms with Crippen LogP contribution in [-0.2, 0) is 11.2 Å². The zero-order valence-corrected chi connectivity index (χ0v) is 8.62. The summed E-state index contributed by atoms with van der Waals surface area (Å²) in [7, 11) is 0. The van der Waals surface area contributed by atoms with Gasteiger partial charge in [-0.25, -0.2) is 0 Å². The van der Waals surface area contributed by atoms with Gasteiger partial charge in [0.25, 0.3) is 0 Å². The average molecular weight is 191 g/mol. The van der Waals surface area contributed by atoms with Crippen molar-refractivity contribution in [2.24, 2.45) is 5.92 Å². The van der Waals surface area contributed by atoms with Gasteiger partial charge in [0.1, 0.15) is 5.75 Å². The van der Waals surface area contributed by atoms with Gasteiger partial charge in [0, 0.05) is 6.42 Å². The van der Waals surface area contributed by atoms with Crippen molar-refractivity contribution in [3.05, 3.63) is 29.8 Å². The molecule has 2 nitrogen and oxygen atoms in total. The van der Waals surface area contributed by atoms with Crippen LogP contribution in [0.5, 0.6) is 5.75 Å². The average Bonchev–Trinajstić information content (AvgIpc) is 2.17. The molecule has 0 unspecified atom stereocenters. The number of rotatable bonds is 5. The van der Waals surface area contributed by atoms with Gasteiger partial charge < -0.3 is 4.74 Å². The van der Waals surface area contributed by atoms with Gasteiger partial charge in [0.05, 0.1) is 6.61 Å². The molecule has 0 aliphatic carbocycles. The third-order valence-corrected chi connectivity index (χ3v) is 1.78. The highest BCUT2D eigenvalue weighted by molar-refractivity contribution is 5.55. The molecule has 0 amide bonds. The maximum Gasteiger partial charge on any atom is 0.203 e. The van der Waals surface area contributed by atoms with Crippen LogP contribution in [0.15, 0.2) is 24.3 Å². The van der Waals surface area contributed by atoms with E-state index in [4.69, 9.17) is 4.74 Å². The summed E-state index contributed by atoms with van der Waals surface area (Å²) in [5.41, 5.74) is 0.969. The molecule has 0 aliphatic rings. The summed E-state index contributed by atoms with van der Waals surface area (Å²) in [5, 5.41) is 0. The molecule has 1 rings (SSSR count). The summed E-state index contributed by atoms with van der Waals surface area (Å²) >= 11 is 0. The second-order valence-corrected chi connectivity index (χ2v) is 3.67. The molecule has 0 atom stereocenters. The van der Waals surface area contributed by atoms with Crippen LogP contribution in [0.4, 0.5) is 0 Å². The van der Waals surface area contributed by atoms with E-state index in [0.717, 1.165) is 17.9 Å². The Bertz CT molecular complexity index is 275. The first-order valence-electron chi connectivity index (χ1n) is 4.79. The van der Waals surface area contributed by atoms with Crippen molar-refractivity contribution >= 4 is 6.29 Å². The van der Waals surface area contributed by atoms with Crippen molar-refractivity contribution in [3.8, 4) is 5.75 Å². The second-order valence-electron chi connectivity index (χ2n) is 3.67. The van der Waals surface area contributed by atoms with E-state index in [1.807, 2.05) is 30.6 Å². The Kier molecular flexibility index (Phi) is 4.17. The van der Waals surface area contributed by atoms with Crippen LogP contribution in [0.25, 0.3) is 0 Å². The quantitative estimate of drug-likeness (QED) is 0.714. The molecule has 0 heterocycles. The molecule has 0 bridgehead atoms. The molecule has 75 valence electrons. The summed E-state index contributed by atoms with van der Waals surface area (Å²) in [5.74, 6) is 1.38. The maximum atomic E-state index is 10.1. The van der Waals surface area contributed by atoms with Crippen LogP contribution in [0.3, 0.4) is 0 Å². The summed E-state index contributed by atoms with van der Waals surface area (Å²) in [6.45, 7) is 4.94. The van der Waals surface area contributed by atoms with Crippen molar-refractivity contribution in [1.82, 2.24) is 0 Å². The predicted octanol–water partition coefficient (Wildman–Crippen LogP) is 2.37. The SMILES string of the molecule is CC(C)COc1ccc(C[C]=O)cc1. The minimum Gasteiger partial charge on any atom is -0.493 e. The highest BCUT2D eigenvalue weighted by Gasteiger charge is 1.97. The molecule has 0 spiro atoms. The predicted molar refractivity (Wildman–Crippen MR) is 56.2 cm³/mol. The molecular weight excluding hydrogens is 176 g/mol. The van der Waals surface area contributed by atoms with Crippen LogP contribution in [0, 0.1) is 5.92 Å². The number of carbonyl (C=O) groups excluding carboxylic acids is 1. The molecule has 0 aliphatic heterocycles. The summed E-state index contributed by atoms with van der Waals surface area (Å²) in [6.07, 6.45) is 2.21. The molecule has 0 aromatic heterocycles. The van der Waals surface area contributed by atoms with Gasteiger partial charge in [-0.2, -0.15) is 0 Å². The highest BCUT2D eigenvalue weighted by Crippen LogP contribution is 2.13. The lowest BCUT2D eigenvalue weighted by Crippen LogP contribution is -2.04. The molecule has 0 saturated heterocycles. The fourth-order valence-corrected chi connectivity index (χ4v) is 1.05. The standard InChI is InChI=1S/C12H15O2/c1-10(2)9-14-12-5-3-11(4-6-12)7-8-13/h3-6,10H,7,9H2,1-2H3. The molecule has 2 heteroatoms. The van der Waals surface area contributed by atoms with Crippen LogP contribution >= 0.6 is 0 Å². The van der Waals surface area contributed by atoms with Crippen molar-refractivity contribution in [3.63, 3.8) is 0 Å². The Hall–Kier alpha value is -1.31. The number of hydrogen-bond donors (Lipinski definition) is 0. The summed E-state index contributed by atoms with van der Waals surface area (Å²) < 4.78 is 5.50. The second kappa shape index (κ2) is 5.43. The third kappa shape index (κ3) is 3.60. The van der Waals surface area contributed by atoms with Gasteiger partial charge in [-0.15, -0.1) is 0 Å². The first-order chi connectivity index (χ1) is 6.72. The van der Waals surface area contributed by atoms with Gasteiger partial charge in [-0.05, 0) is 23.6 Å². The van der Waals surface area contributed by atoms with Crippen LogP contribution in [-0.4, -0.2) is 12.9 Å². The lowest BCUT2D eigenvalue weighted by Gasteiger charge is -2.08. The Morgan fingerprint density at radius 2 is 1.93 bits per heavy atom. The van der Waals surface area contributed by atoms with E-state index in [2.05, 4.69) is 13.8 Å². The van der Waals surface area contributed by atoms with Crippen LogP contribution in [0.1, 0.15) is 19.4 Å². The first kappa shape index (κ1) is 10.8. The van der Waals surface area contributed by atoms with Crippen LogP contribution in [0.2, 0.25) is 0 Å². The van der Waals surface area contributed by atoms with E-state index < -0.39 is 0 Å². The molecule has 1 radical (unpaired) electrons. The number of benzene rings is 1. The lowest BCUT2D eigenvalue weighted by molar-refractivity contribution is 0.271. The fourth-order valence-electron chi connectivity index (χ4n) is 1.05. The minimum atomic E-state index is 0.352. The van der Waals surface area contributed by atoms with Crippen LogP contribution < -0.4 is 4.74 Å². The first-order valence-corrected chi connectivity index (χ1v) is 4.79. The molecule has 0 fully saturated rings. The molecule has 0 saturated carbocycles. The van der Waals surface area contributed by atoms with Crippen molar-refractivity contribution in [1.29, 1.82) is 0 Å². The van der Waals surface area contributed by atoms with Gasteiger partial charge in [0.15, 0.2) is 0 Å². The Morgan fingerprint density at radius 3 is 2.43 bits per heavy atom.